The molecule has 11 heavy (non-hydrogen) atoms. The molecule has 0 aromatic heterocycles. The Labute approximate surface area is 67.9 Å². The van der Waals surface area contributed by atoms with Crippen LogP contribution in [0.3, 0.4) is 0 Å². The summed E-state index contributed by atoms with van der Waals surface area (Å²) in [6.07, 6.45) is 5.09. The lowest BCUT2D eigenvalue weighted by atomic mass is 9.99. The lowest BCUT2D eigenvalue weighted by Gasteiger charge is -2.07. The van der Waals surface area contributed by atoms with Crippen molar-refractivity contribution in [2.24, 2.45) is 5.92 Å². The maximum absolute atomic E-state index is 10.5. The van der Waals surface area contributed by atoms with Gasteiger partial charge in [0.1, 0.15) is 0 Å². The third-order valence-electron chi connectivity index (χ3n) is 1.71. The number of hydrogen-bond donors (Lipinski definition) is 1. The predicted octanol–water partition coefficient (Wildman–Crippen LogP) is 2.45. The van der Waals surface area contributed by atoms with Gasteiger partial charge < -0.3 is 5.11 Å². The quantitative estimate of drug-likeness (QED) is 0.600. The average Bonchev–Trinajstić information content (AvgIpc) is 1.97. The Bertz CT molecular complexity index is 130. The van der Waals surface area contributed by atoms with Gasteiger partial charge in [-0.3, -0.25) is 4.79 Å². The van der Waals surface area contributed by atoms with Gasteiger partial charge in [0.25, 0.3) is 0 Å². The molecule has 1 N–H and O–H groups in total. The number of carboxylic acids is 1. The molecule has 0 saturated carbocycles. The van der Waals surface area contributed by atoms with Gasteiger partial charge in [0.05, 0.1) is 5.92 Å². The van der Waals surface area contributed by atoms with Gasteiger partial charge in [-0.15, -0.1) is 6.58 Å². The highest BCUT2D eigenvalue weighted by atomic mass is 16.4. The molecule has 0 aliphatic carbocycles. The van der Waals surface area contributed by atoms with Gasteiger partial charge in [0.2, 0.25) is 0 Å². The van der Waals surface area contributed by atoms with E-state index in [4.69, 9.17) is 5.11 Å². The van der Waals surface area contributed by atoms with E-state index in [-0.39, 0.29) is 5.92 Å². The summed E-state index contributed by atoms with van der Waals surface area (Å²) in [5.74, 6) is -0.911. The first-order valence-corrected chi connectivity index (χ1v) is 4.06. The van der Waals surface area contributed by atoms with Gasteiger partial charge in [0.15, 0.2) is 0 Å². The van der Waals surface area contributed by atoms with E-state index in [0.717, 1.165) is 19.3 Å². The van der Waals surface area contributed by atoms with Gasteiger partial charge >= 0.3 is 5.97 Å². The van der Waals surface area contributed by atoms with Crippen LogP contribution in [0.1, 0.15) is 32.6 Å². The molecule has 0 heterocycles. The molecule has 0 bridgehead atoms. The van der Waals surface area contributed by atoms with Crippen LogP contribution in [0.5, 0.6) is 0 Å². The molecule has 1 atom stereocenters. The number of allylic oxidation sites excluding steroid dienone is 1. The topological polar surface area (TPSA) is 37.3 Å². The van der Waals surface area contributed by atoms with Crippen molar-refractivity contribution in [2.75, 3.05) is 0 Å². The van der Waals surface area contributed by atoms with Crippen molar-refractivity contribution in [1.82, 2.24) is 0 Å². The second-order valence-corrected chi connectivity index (χ2v) is 2.70. The first-order chi connectivity index (χ1) is 5.22. The normalized spacial score (nSPS) is 12.5. The van der Waals surface area contributed by atoms with E-state index in [2.05, 4.69) is 13.5 Å². The van der Waals surface area contributed by atoms with E-state index in [9.17, 15) is 4.79 Å². The summed E-state index contributed by atoms with van der Waals surface area (Å²) < 4.78 is 0. The Morgan fingerprint density at radius 3 is 2.73 bits per heavy atom. The van der Waals surface area contributed by atoms with E-state index in [0.29, 0.717) is 6.42 Å². The Balaban J connectivity index is 3.69. The van der Waals surface area contributed by atoms with Crippen LogP contribution < -0.4 is 0 Å². The Morgan fingerprint density at radius 2 is 2.36 bits per heavy atom. The molecule has 0 unspecified atom stereocenters. The van der Waals surface area contributed by atoms with Crippen molar-refractivity contribution in [3.63, 3.8) is 0 Å². The van der Waals surface area contributed by atoms with Crippen LogP contribution in [0.25, 0.3) is 0 Å². The van der Waals surface area contributed by atoms with Crippen molar-refractivity contribution in [1.29, 1.82) is 0 Å². The first kappa shape index (κ1) is 10.2. The van der Waals surface area contributed by atoms with Crippen molar-refractivity contribution >= 4 is 5.97 Å². The van der Waals surface area contributed by atoms with Crippen LogP contribution in [0.4, 0.5) is 0 Å². The summed E-state index contributed by atoms with van der Waals surface area (Å²) in [6, 6.07) is 0. The van der Waals surface area contributed by atoms with Crippen LogP contribution in [-0.2, 0) is 4.79 Å². The molecule has 2 heteroatoms. The monoisotopic (exact) mass is 156 g/mol. The summed E-state index contributed by atoms with van der Waals surface area (Å²) in [4.78, 5) is 10.5. The second-order valence-electron chi connectivity index (χ2n) is 2.70. The number of unbranched alkanes of at least 4 members (excludes halogenated alkanes) is 1. The highest BCUT2D eigenvalue weighted by Crippen LogP contribution is 2.12. The Kier molecular flexibility index (Phi) is 5.53. The third-order valence-corrected chi connectivity index (χ3v) is 1.71. The molecule has 0 amide bonds. The zero-order valence-corrected chi connectivity index (χ0v) is 7.05. The number of carboxylic acid groups (broad SMARTS) is 1. The van der Waals surface area contributed by atoms with Crippen LogP contribution in [0, 0.1) is 5.92 Å². The fraction of sp³-hybridized carbons (Fsp3) is 0.667. The molecular weight excluding hydrogens is 140 g/mol. The minimum absolute atomic E-state index is 0.215. The molecule has 2 nitrogen and oxygen atoms in total. The molecule has 0 aliphatic rings. The average molecular weight is 156 g/mol. The summed E-state index contributed by atoms with van der Waals surface area (Å²) in [6.45, 7) is 5.59. The maximum Gasteiger partial charge on any atom is 0.306 e. The molecule has 0 spiro atoms. The molecule has 0 aliphatic heterocycles. The smallest absolute Gasteiger partial charge is 0.306 e. The summed E-state index contributed by atoms with van der Waals surface area (Å²) in [5.41, 5.74) is 0. The van der Waals surface area contributed by atoms with Crippen molar-refractivity contribution in [3.8, 4) is 0 Å². The molecule has 0 fully saturated rings. The summed E-state index contributed by atoms with van der Waals surface area (Å²) >= 11 is 0. The van der Waals surface area contributed by atoms with Gasteiger partial charge in [-0.05, 0) is 12.8 Å². The number of rotatable bonds is 6. The Hall–Kier alpha value is -0.790. The van der Waals surface area contributed by atoms with E-state index < -0.39 is 5.97 Å². The Morgan fingerprint density at radius 1 is 1.73 bits per heavy atom. The summed E-state index contributed by atoms with van der Waals surface area (Å²) in [5, 5.41) is 8.68. The standard InChI is InChI=1S/C9H16O2/c1-3-5-7-8(6-4-2)9(10)11/h4,8H,2-3,5-7H2,1H3,(H,10,11)/t8-/m1/s1. The largest absolute Gasteiger partial charge is 0.481 e. The van der Waals surface area contributed by atoms with Crippen LogP contribution in [-0.4, -0.2) is 11.1 Å². The number of carbonyl (C=O) groups is 1. The maximum atomic E-state index is 10.5. The molecule has 0 aromatic rings. The molecule has 0 aromatic carbocycles. The van der Waals surface area contributed by atoms with E-state index in [1.165, 1.54) is 0 Å². The molecule has 0 saturated heterocycles. The zero-order valence-electron chi connectivity index (χ0n) is 7.05. The van der Waals surface area contributed by atoms with Crippen LogP contribution in [0.15, 0.2) is 12.7 Å². The van der Waals surface area contributed by atoms with Crippen molar-refractivity contribution < 1.29 is 9.90 Å². The van der Waals surface area contributed by atoms with Gasteiger partial charge in [-0.2, -0.15) is 0 Å². The predicted molar refractivity (Wildman–Crippen MR) is 45.5 cm³/mol. The molecule has 64 valence electrons. The van der Waals surface area contributed by atoms with Crippen molar-refractivity contribution in [2.45, 2.75) is 32.6 Å². The summed E-state index contributed by atoms with van der Waals surface area (Å²) in [7, 11) is 0. The number of aliphatic carboxylic acids is 1. The first-order valence-electron chi connectivity index (χ1n) is 4.06. The number of hydrogen-bond acceptors (Lipinski definition) is 1. The van der Waals surface area contributed by atoms with Crippen LogP contribution in [0.2, 0.25) is 0 Å². The van der Waals surface area contributed by atoms with E-state index >= 15 is 0 Å². The van der Waals surface area contributed by atoms with Gasteiger partial charge in [0, 0.05) is 0 Å². The second kappa shape index (κ2) is 5.96. The SMILES string of the molecule is C=CC[C@H](CCCC)C(=O)O. The highest BCUT2D eigenvalue weighted by molar-refractivity contribution is 5.70. The molecular formula is C9H16O2. The van der Waals surface area contributed by atoms with E-state index in [1.54, 1.807) is 6.08 Å². The fourth-order valence-corrected chi connectivity index (χ4v) is 0.994. The minimum atomic E-state index is -0.696. The van der Waals surface area contributed by atoms with Crippen LogP contribution >= 0.6 is 0 Å². The third kappa shape index (κ3) is 4.59. The van der Waals surface area contributed by atoms with Gasteiger partial charge in [-0.25, -0.2) is 0 Å². The zero-order chi connectivity index (χ0) is 8.69. The van der Waals surface area contributed by atoms with Gasteiger partial charge in [-0.1, -0.05) is 25.8 Å². The lowest BCUT2D eigenvalue weighted by molar-refractivity contribution is -0.141. The lowest BCUT2D eigenvalue weighted by Crippen LogP contribution is -2.12. The highest BCUT2D eigenvalue weighted by Gasteiger charge is 2.13. The minimum Gasteiger partial charge on any atom is -0.481 e. The molecule has 0 radical (unpaired) electrons. The fourth-order valence-electron chi connectivity index (χ4n) is 0.994. The molecule has 0 rings (SSSR count). The van der Waals surface area contributed by atoms with E-state index in [1.807, 2.05) is 0 Å². The van der Waals surface area contributed by atoms with Crippen molar-refractivity contribution in [3.05, 3.63) is 12.7 Å².